The van der Waals surface area contributed by atoms with E-state index in [0.29, 0.717) is 0 Å². The van der Waals surface area contributed by atoms with Gasteiger partial charge in [-0.25, -0.2) is 19.7 Å². The molecule has 2 atom stereocenters. The lowest BCUT2D eigenvalue weighted by atomic mass is 9.94. The van der Waals surface area contributed by atoms with Gasteiger partial charge in [0.25, 0.3) is 0 Å². The number of thiazole rings is 1. The zero-order valence-electron chi connectivity index (χ0n) is 16.7. The van der Waals surface area contributed by atoms with Gasteiger partial charge in [-0.05, 0) is 26.2 Å². The van der Waals surface area contributed by atoms with Crippen LogP contribution in [0.3, 0.4) is 0 Å². The highest BCUT2D eigenvalue weighted by molar-refractivity contribution is 7.16. The molecule has 2 aliphatic rings. The molecule has 0 spiro atoms. The monoisotopic (exact) mass is 385 g/mol. The zero-order chi connectivity index (χ0) is 19.3. The Morgan fingerprint density at radius 2 is 2.11 bits per heavy atom. The van der Waals surface area contributed by atoms with Crippen molar-refractivity contribution in [2.75, 3.05) is 5.32 Å². The van der Waals surface area contributed by atoms with Crippen LogP contribution < -0.4 is 5.32 Å². The number of carbonyl (C=O) groups is 1. The Balaban J connectivity index is 1.59. The minimum absolute atomic E-state index is 0.0255. The summed E-state index contributed by atoms with van der Waals surface area (Å²) in [6.45, 7) is 10.4. The maximum atomic E-state index is 13.1. The van der Waals surface area contributed by atoms with E-state index >= 15 is 0 Å². The lowest BCUT2D eigenvalue weighted by Crippen LogP contribution is -2.44. The SMILES string of the molecule is CCc1nc(C)c(NC(=O)N2C3CCC2c2cnc(C(C)(C)C)nc2C3)s1. The first kappa shape index (κ1) is 18.3. The van der Waals surface area contributed by atoms with Crippen molar-refractivity contribution >= 4 is 22.4 Å². The van der Waals surface area contributed by atoms with E-state index in [1.807, 2.05) is 18.0 Å². The lowest BCUT2D eigenvalue weighted by molar-refractivity contribution is 0.178. The number of rotatable bonds is 2. The third-order valence-electron chi connectivity index (χ3n) is 5.46. The summed E-state index contributed by atoms with van der Waals surface area (Å²) in [5.74, 6) is 0.880. The standard InChI is InChI=1S/C20H27N5OS/c1-6-16-22-11(2)17(27-16)24-19(26)25-12-7-8-15(25)13-10-21-18(20(3,4)5)23-14(13)9-12/h10,12,15H,6-9H2,1-5H3,(H,24,26). The third kappa shape index (κ3) is 3.22. The summed E-state index contributed by atoms with van der Waals surface area (Å²) in [6, 6.07) is 0.262. The molecule has 2 aromatic rings. The molecule has 4 heterocycles. The first-order chi connectivity index (χ1) is 12.8. The summed E-state index contributed by atoms with van der Waals surface area (Å²) in [5.41, 5.74) is 3.06. The molecule has 4 rings (SSSR count). The van der Waals surface area contributed by atoms with E-state index in [-0.39, 0.29) is 23.5 Å². The molecule has 0 aliphatic carbocycles. The molecule has 2 amide bonds. The van der Waals surface area contributed by atoms with Crippen molar-refractivity contribution in [2.45, 2.75) is 77.8 Å². The molecule has 2 unspecified atom stereocenters. The van der Waals surface area contributed by atoms with Gasteiger partial charge in [0.05, 0.1) is 22.4 Å². The van der Waals surface area contributed by atoms with Gasteiger partial charge >= 0.3 is 6.03 Å². The molecule has 0 saturated carbocycles. The number of urea groups is 1. The number of fused-ring (bicyclic) bond motifs is 4. The smallest absolute Gasteiger partial charge is 0.314 e. The van der Waals surface area contributed by atoms with Crippen molar-refractivity contribution in [1.82, 2.24) is 19.9 Å². The molecule has 6 nitrogen and oxygen atoms in total. The quantitative estimate of drug-likeness (QED) is 0.832. The van der Waals surface area contributed by atoms with E-state index < -0.39 is 0 Å². The molecule has 1 saturated heterocycles. The number of nitrogens with zero attached hydrogens (tertiary/aromatic N) is 4. The molecule has 2 aliphatic heterocycles. The molecular formula is C20H27N5OS. The molecule has 144 valence electrons. The molecular weight excluding hydrogens is 358 g/mol. The predicted octanol–water partition coefficient (Wildman–Crippen LogP) is 4.40. The largest absolute Gasteiger partial charge is 0.323 e. The van der Waals surface area contributed by atoms with Gasteiger partial charge in [-0.2, -0.15) is 0 Å². The number of aromatic nitrogens is 3. The summed E-state index contributed by atoms with van der Waals surface area (Å²) in [6.07, 6.45) is 5.64. The first-order valence-electron chi connectivity index (χ1n) is 9.69. The summed E-state index contributed by atoms with van der Waals surface area (Å²) in [7, 11) is 0. The Hall–Kier alpha value is -2.02. The Bertz CT molecular complexity index is 885. The minimum atomic E-state index is -0.0662. The van der Waals surface area contributed by atoms with Crippen molar-refractivity contribution in [2.24, 2.45) is 0 Å². The second-order valence-electron chi connectivity index (χ2n) is 8.51. The molecule has 1 N–H and O–H groups in total. The van der Waals surface area contributed by atoms with Gasteiger partial charge in [0.1, 0.15) is 10.8 Å². The topological polar surface area (TPSA) is 71.0 Å². The molecule has 1 fully saturated rings. The summed E-state index contributed by atoms with van der Waals surface area (Å²) >= 11 is 1.57. The molecule has 2 aromatic heterocycles. The molecule has 0 radical (unpaired) electrons. The Labute approximate surface area is 164 Å². The number of hydrogen-bond donors (Lipinski definition) is 1. The van der Waals surface area contributed by atoms with Gasteiger partial charge in [-0.3, -0.25) is 5.32 Å². The highest BCUT2D eigenvalue weighted by Gasteiger charge is 2.44. The number of hydrogen-bond acceptors (Lipinski definition) is 5. The van der Waals surface area contributed by atoms with Gasteiger partial charge < -0.3 is 4.90 Å². The van der Waals surface area contributed by atoms with Crippen LogP contribution in [-0.2, 0) is 18.3 Å². The number of carbonyl (C=O) groups excluding carboxylic acids is 1. The Morgan fingerprint density at radius 1 is 1.33 bits per heavy atom. The molecule has 7 heteroatoms. The van der Waals surface area contributed by atoms with Crippen LogP contribution in [-0.4, -0.2) is 31.9 Å². The fourth-order valence-electron chi connectivity index (χ4n) is 4.03. The number of aryl methyl sites for hydroxylation is 2. The van der Waals surface area contributed by atoms with Crippen LogP contribution in [0.1, 0.15) is 74.4 Å². The summed E-state index contributed by atoms with van der Waals surface area (Å²) < 4.78 is 0. The first-order valence-corrected chi connectivity index (χ1v) is 10.5. The highest BCUT2D eigenvalue weighted by atomic mass is 32.1. The van der Waals surface area contributed by atoms with Gasteiger partial charge in [-0.1, -0.05) is 27.7 Å². The average molecular weight is 386 g/mol. The van der Waals surface area contributed by atoms with E-state index in [4.69, 9.17) is 4.98 Å². The predicted molar refractivity (Wildman–Crippen MR) is 107 cm³/mol. The lowest BCUT2D eigenvalue weighted by Gasteiger charge is -2.36. The fourth-order valence-corrected chi connectivity index (χ4v) is 4.92. The average Bonchev–Trinajstić information content (AvgIpc) is 3.12. The van der Waals surface area contributed by atoms with E-state index in [0.717, 1.165) is 58.5 Å². The van der Waals surface area contributed by atoms with Crippen LogP contribution in [0.25, 0.3) is 0 Å². The maximum absolute atomic E-state index is 13.1. The van der Waals surface area contributed by atoms with Crippen LogP contribution in [0.4, 0.5) is 9.80 Å². The van der Waals surface area contributed by atoms with Gasteiger partial charge in [0.15, 0.2) is 0 Å². The van der Waals surface area contributed by atoms with Crippen molar-refractivity contribution in [3.05, 3.63) is 34.0 Å². The minimum Gasteiger partial charge on any atom is -0.314 e. The van der Waals surface area contributed by atoms with Crippen molar-refractivity contribution in [1.29, 1.82) is 0 Å². The number of anilines is 1. The van der Waals surface area contributed by atoms with E-state index in [1.54, 1.807) is 11.3 Å². The second kappa shape index (κ2) is 6.55. The van der Waals surface area contributed by atoms with E-state index in [1.165, 1.54) is 0 Å². The van der Waals surface area contributed by atoms with Crippen LogP contribution in [0.15, 0.2) is 6.20 Å². The van der Waals surface area contributed by atoms with Crippen LogP contribution in [0.5, 0.6) is 0 Å². The third-order valence-corrected chi connectivity index (χ3v) is 6.68. The van der Waals surface area contributed by atoms with Crippen LogP contribution in [0, 0.1) is 6.92 Å². The van der Waals surface area contributed by atoms with Crippen LogP contribution >= 0.6 is 11.3 Å². The highest BCUT2D eigenvalue weighted by Crippen LogP contribution is 2.43. The van der Waals surface area contributed by atoms with Gasteiger partial charge in [0.2, 0.25) is 0 Å². The van der Waals surface area contributed by atoms with E-state index in [9.17, 15) is 4.79 Å². The summed E-state index contributed by atoms with van der Waals surface area (Å²) in [5, 5.41) is 5.02. The maximum Gasteiger partial charge on any atom is 0.323 e. The van der Waals surface area contributed by atoms with Crippen molar-refractivity contribution in [3.63, 3.8) is 0 Å². The van der Waals surface area contributed by atoms with E-state index in [2.05, 4.69) is 43.0 Å². The molecule has 2 bridgehead atoms. The number of nitrogens with one attached hydrogen (secondary N) is 1. The summed E-state index contributed by atoms with van der Waals surface area (Å²) in [4.78, 5) is 29.1. The fraction of sp³-hybridized carbons (Fsp3) is 0.600. The molecule has 27 heavy (non-hydrogen) atoms. The second-order valence-corrected chi connectivity index (χ2v) is 9.59. The Kier molecular flexibility index (Phi) is 4.45. The normalized spacial score (nSPS) is 21.3. The van der Waals surface area contributed by atoms with Crippen molar-refractivity contribution in [3.8, 4) is 0 Å². The molecule has 0 aromatic carbocycles. The number of amides is 2. The van der Waals surface area contributed by atoms with Crippen LogP contribution in [0.2, 0.25) is 0 Å². The van der Waals surface area contributed by atoms with Gasteiger partial charge in [0, 0.05) is 29.6 Å². The van der Waals surface area contributed by atoms with Crippen molar-refractivity contribution < 1.29 is 4.79 Å². The van der Waals surface area contributed by atoms with Gasteiger partial charge in [-0.15, -0.1) is 11.3 Å². The zero-order valence-corrected chi connectivity index (χ0v) is 17.5. The Morgan fingerprint density at radius 3 is 2.78 bits per heavy atom.